The number of hydrogen-bond donors (Lipinski definition) is 2. The van der Waals surface area contributed by atoms with E-state index in [9.17, 15) is 14.0 Å². The molecule has 0 unspecified atom stereocenters. The number of anilines is 2. The molecule has 2 amide bonds. The van der Waals surface area contributed by atoms with Crippen molar-refractivity contribution in [2.75, 3.05) is 31.3 Å². The van der Waals surface area contributed by atoms with Crippen molar-refractivity contribution < 1.29 is 14.0 Å². The largest absolute Gasteiger partial charge is 0.374 e. The number of rotatable bonds is 5. The molecule has 5 nitrogen and oxygen atoms in total. The van der Waals surface area contributed by atoms with E-state index in [2.05, 4.69) is 26.6 Å². The van der Waals surface area contributed by atoms with Gasteiger partial charge in [0, 0.05) is 29.8 Å². The van der Waals surface area contributed by atoms with Crippen LogP contribution in [0.15, 0.2) is 46.9 Å². The number of amides is 2. The highest BCUT2D eigenvalue weighted by atomic mass is 79.9. The van der Waals surface area contributed by atoms with Gasteiger partial charge in [0.2, 0.25) is 5.91 Å². The minimum atomic E-state index is -0.448. The predicted molar refractivity (Wildman–Crippen MR) is 95.7 cm³/mol. The number of benzene rings is 2. The van der Waals surface area contributed by atoms with Crippen LogP contribution in [-0.4, -0.2) is 37.4 Å². The number of nitrogens with zero attached hydrogens (tertiary/aromatic N) is 1. The summed E-state index contributed by atoms with van der Waals surface area (Å²) in [5, 5.41) is 5.41. The number of hydrogen-bond acceptors (Lipinski definition) is 3. The van der Waals surface area contributed by atoms with Crippen LogP contribution in [0.2, 0.25) is 0 Å². The van der Waals surface area contributed by atoms with Crippen molar-refractivity contribution in [3.63, 3.8) is 0 Å². The molecular formula is C17H17BrFN3O2. The fourth-order valence-corrected chi connectivity index (χ4v) is 2.33. The van der Waals surface area contributed by atoms with Gasteiger partial charge in [-0.05, 0) is 36.4 Å². The molecule has 0 radical (unpaired) electrons. The van der Waals surface area contributed by atoms with E-state index in [1.165, 1.54) is 11.0 Å². The Balaban J connectivity index is 1.97. The van der Waals surface area contributed by atoms with Gasteiger partial charge < -0.3 is 15.5 Å². The first-order valence-electron chi connectivity index (χ1n) is 7.17. The lowest BCUT2D eigenvalue weighted by atomic mass is 10.2. The highest BCUT2D eigenvalue weighted by molar-refractivity contribution is 9.10. The van der Waals surface area contributed by atoms with E-state index in [1.54, 1.807) is 50.5 Å². The molecule has 0 aliphatic heterocycles. The van der Waals surface area contributed by atoms with E-state index in [4.69, 9.17) is 0 Å². The van der Waals surface area contributed by atoms with Crippen LogP contribution in [-0.2, 0) is 4.79 Å². The van der Waals surface area contributed by atoms with Crippen molar-refractivity contribution in [1.29, 1.82) is 0 Å². The van der Waals surface area contributed by atoms with E-state index in [0.717, 1.165) is 0 Å². The molecule has 2 N–H and O–H groups in total. The second kappa shape index (κ2) is 7.92. The molecule has 0 bridgehead atoms. The van der Waals surface area contributed by atoms with Gasteiger partial charge in [-0.3, -0.25) is 9.59 Å². The SMILES string of the molecule is CN(C)C(=O)c1cccc(NC(=O)CNc2ccc(Br)cc2F)c1. The van der Waals surface area contributed by atoms with Crippen LogP contribution in [0.4, 0.5) is 15.8 Å². The Morgan fingerprint density at radius 1 is 1.17 bits per heavy atom. The maximum absolute atomic E-state index is 13.7. The van der Waals surface area contributed by atoms with Crippen LogP contribution in [0.5, 0.6) is 0 Å². The molecule has 0 aliphatic carbocycles. The molecule has 2 aromatic rings. The van der Waals surface area contributed by atoms with E-state index >= 15 is 0 Å². The Bertz CT molecular complexity index is 765. The molecule has 0 heterocycles. The number of nitrogens with one attached hydrogen (secondary N) is 2. The minimum absolute atomic E-state index is 0.0929. The Hall–Kier alpha value is -2.41. The summed E-state index contributed by atoms with van der Waals surface area (Å²) in [7, 11) is 3.31. The smallest absolute Gasteiger partial charge is 0.253 e. The molecule has 24 heavy (non-hydrogen) atoms. The average molecular weight is 394 g/mol. The van der Waals surface area contributed by atoms with Crippen molar-refractivity contribution in [1.82, 2.24) is 4.90 Å². The lowest BCUT2D eigenvalue weighted by Gasteiger charge is -2.12. The molecule has 0 saturated heterocycles. The van der Waals surface area contributed by atoms with Gasteiger partial charge in [0.15, 0.2) is 0 Å². The van der Waals surface area contributed by atoms with Gasteiger partial charge in [-0.1, -0.05) is 22.0 Å². The van der Waals surface area contributed by atoms with Crippen LogP contribution in [0.25, 0.3) is 0 Å². The molecular weight excluding hydrogens is 377 g/mol. The van der Waals surface area contributed by atoms with Crippen LogP contribution in [0.3, 0.4) is 0 Å². The van der Waals surface area contributed by atoms with E-state index < -0.39 is 5.82 Å². The van der Waals surface area contributed by atoms with Gasteiger partial charge >= 0.3 is 0 Å². The highest BCUT2D eigenvalue weighted by Crippen LogP contribution is 2.19. The van der Waals surface area contributed by atoms with Gasteiger partial charge in [-0.2, -0.15) is 0 Å². The molecule has 0 saturated carbocycles. The number of carbonyl (C=O) groups excluding carboxylic acids is 2. The zero-order chi connectivity index (χ0) is 17.7. The number of carbonyl (C=O) groups is 2. The van der Waals surface area contributed by atoms with E-state index in [1.807, 2.05) is 0 Å². The lowest BCUT2D eigenvalue weighted by Crippen LogP contribution is -2.23. The van der Waals surface area contributed by atoms with E-state index in [0.29, 0.717) is 15.7 Å². The number of halogens is 2. The molecule has 126 valence electrons. The van der Waals surface area contributed by atoms with Gasteiger partial charge in [0.05, 0.1) is 12.2 Å². The van der Waals surface area contributed by atoms with Gasteiger partial charge in [-0.25, -0.2) is 4.39 Å². The van der Waals surface area contributed by atoms with Crippen LogP contribution >= 0.6 is 15.9 Å². The minimum Gasteiger partial charge on any atom is -0.374 e. The quantitative estimate of drug-likeness (QED) is 0.818. The zero-order valence-corrected chi connectivity index (χ0v) is 14.9. The van der Waals surface area contributed by atoms with Gasteiger partial charge in [0.25, 0.3) is 5.91 Å². The Labute approximate surface area is 148 Å². The van der Waals surface area contributed by atoms with Crippen LogP contribution in [0, 0.1) is 5.82 Å². The normalized spacial score (nSPS) is 10.2. The third-order valence-corrected chi connectivity index (χ3v) is 3.66. The van der Waals surface area contributed by atoms with Crippen LogP contribution in [0.1, 0.15) is 10.4 Å². The summed E-state index contributed by atoms with van der Waals surface area (Å²) in [4.78, 5) is 25.3. The van der Waals surface area contributed by atoms with E-state index in [-0.39, 0.29) is 24.0 Å². The molecule has 0 atom stereocenters. The summed E-state index contributed by atoms with van der Waals surface area (Å²) in [6.07, 6.45) is 0. The molecule has 0 aliphatic rings. The second-order valence-corrected chi connectivity index (χ2v) is 6.22. The first-order valence-corrected chi connectivity index (χ1v) is 7.96. The molecule has 2 rings (SSSR count). The molecule has 0 aromatic heterocycles. The monoisotopic (exact) mass is 393 g/mol. The third kappa shape index (κ3) is 4.79. The average Bonchev–Trinajstić information content (AvgIpc) is 2.53. The Kier molecular flexibility index (Phi) is 5.92. The zero-order valence-electron chi connectivity index (χ0n) is 13.3. The molecule has 0 spiro atoms. The topological polar surface area (TPSA) is 61.4 Å². The van der Waals surface area contributed by atoms with Gasteiger partial charge in [0.1, 0.15) is 5.82 Å². The van der Waals surface area contributed by atoms with Crippen molar-refractivity contribution in [2.24, 2.45) is 0 Å². The summed E-state index contributed by atoms with van der Waals surface area (Å²) in [5.41, 5.74) is 1.22. The maximum Gasteiger partial charge on any atom is 0.253 e. The fraction of sp³-hybridized carbons (Fsp3) is 0.176. The Morgan fingerprint density at radius 2 is 1.92 bits per heavy atom. The first kappa shape index (κ1) is 17.9. The standard InChI is InChI=1S/C17H17BrFN3O2/c1-22(2)17(24)11-4-3-5-13(8-11)21-16(23)10-20-15-7-6-12(18)9-14(15)19/h3-9,20H,10H2,1-2H3,(H,21,23). The highest BCUT2D eigenvalue weighted by Gasteiger charge is 2.10. The second-order valence-electron chi connectivity index (χ2n) is 5.31. The van der Waals surface area contributed by atoms with Crippen molar-refractivity contribution in [2.45, 2.75) is 0 Å². The van der Waals surface area contributed by atoms with Gasteiger partial charge in [-0.15, -0.1) is 0 Å². The molecule has 2 aromatic carbocycles. The first-order chi connectivity index (χ1) is 11.4. The summed E-state index contributed by atoms with van der Waals surface area (Å²) in [5.74, 6) is -0.941. The molecule has 7 heteroatoms. The van der Waals surface area contributed by atoms with Crippen molar-refractivity contribution in [3.05, 3.63) is 58.3 Å². The van der Waals surface area contributed by atoms with Crippen molar-refractivity contribution >= 4 is 39.1 Å². The summed E-state index contributed by atoms with van der Waals surface area (Å²) < 4.78 is 14.3. The fourth-order valence-electron chi connectivity index (χ4n) is 2.00. The molecule has 0 fully saturated rings. The van der Waals surface area contributed by atoms with Crippen molar-refractivity contribution in [3.8, 4) is 0 Å². The predicted octanol–water partition coefficient (Wildman–Crippen LogP) is 3.34. The summed E-state index contributed by atoms with van der Waals surface area (Å²) in [6, 6.07) is 11.2. The lowest BCUT2D eigenvalue weighted by molar-refractivity contribution is -0.114. The Morgan fingerprint density at radius 3 is 2.58 bits per heavy atom. The summed E-state index contributed by atoms with van der Waals surface area (Å²) in [6.45, 7) is -0.0929. The third-order valence-electron chi connectivity index (χ3n) is 3.17. The van der Waals surface area contributed by atoms with Crippen LogP contribution < -0.4 is 10.6 Å². The maximum atomic E-state index is 13.7. The summed E-state index contributed by atoms with van der Waals surface area (Å²) >= 11 is 3.17.